The van der Waals surface area contributed by atoms with E-state index in [1.54, 1.807) is 13.0 Å². The topological polar surface area (TPSA) is 26.3 Å². The van der Waals surface area contributed by atoms with Crippen molar-refractivity contribution < 1.29 is 9.53 Å². The van der Waals surface area contributed by atoms with Crippen molar-refractivity contribution in [1.82, 2.24) is 0 Å². The first-order chi connectivity index (χ1) is 4.31. The smallest absolute Gasteiger partial charge is 0.330 e. The van der Waals surface area contributed by atoms with Crippen molar-refractivity contribution in [2.45, 2.75) is 20.8 Å². The van der Waals surface area contributed by atoms with Crippen LogP contribution < -0.4 is 0 Å². The maximum atomic E-state index is 10.1. The summed E-state index contributed by atoms with van der Waals surface area (Å²) in [6.07, 6.45) is 2.99. The molecular formula is C7H14O2. The molecule has 0 saturated carbocycles. The molecule has 0 amide bonds. The summed E-state index contributed by atoms with van der Waals surface area (Å²) in [5.41, 5.74) is 0. The van der Waals surface area contributed by atoms with E-state index in [4.69, 9.17) is 0 Å². The first-order valence-corrected chi connectivity index (χ1v) is 3.02. The third-order valence-electron chi connectivity index (χ3n) is 0.504. The van der Waals surface area contributed by atoms with Crippen molar-refractivity contribution in [3.05, 3.63) is 12.2 Å². The van der Waals surface area contributed by atoms with E-state index in [9.17, 15) is 4.79 Å². The normalized spacial score (nSPS) is 8.00. The van der Waals surface area contributed by atoms with Crippen molar-refractivity contribution >= 4 is 5.97 Å². The van der Waals surface area contributed by atoms with E-state index in [1.165, 1.54) is 13.2 Å². The molecule has 2 heteroatoms. The maximum Gasteiger partial charge on any atom is 0.330 e. The Morgan fingerprint density at radius 3 is 2.00 bits per heavy atom. The highest BCUT2D eigenvalue weighted by atomic mass is 16.5. The standard InChI is InChI=1S/C5H8O2.C2H6/c1-3-4-5(6)7-2;1-2/h3-4H,1-2H3;1-2H3/b4-3+;. The minimum atomic E-state index is -0.303. The zero-order valence-corrected chi connectivity index (χ0v) is 6.47. The van der Waals surface area contributed by atoms with Gasteiger partial charge in [-0.05, 0) is 6.92 Å². The third-order valence-corrected chi connectivity index (χ3v) is 0.504. The molecule has 0 atom stereocenters. The average Bonchev–Trinajstić information content (AvgIpc) is 1.93. The number of carbonyl (C=O) groups is 1. The van der Waals surface area contributed by atoms with Gasteiger partial charge in [-0.25, -0.2) is 4.79 Å². The molecule has 2 nitrogen and oxygen atoms in total. The van der Waals surface area contributed by atoms with E-state index < -0.39 is 0 Å². The highest BCUT2D eigenvalue weighted by molar-refractivity contribution is 5.81. The molecule has 0 aliphatic rings. The number of carbonyl (C=O) groups excluding carboxylic acids is 1. The number of ether oxygens (including phenoxy) is 1. The number of esters is 1. The molecule has 54 valence electrons. The van der Waals surface area contributed by atoms with Crippen molar-refractivity contribution in [3.8, 4) is 0 Å². The molecule has 0 radical (unpaired) electrons. The summed E-state index contributed by atoms with van der Waals surface area (Å²) in [5, 5.41) is 0. The molecule has 0 aliphatic carbocycles. The van der Waals surface area contributed by atoms with Crippen LogP contribution in [0.15, 0.2) is 12.2 Å². The monoisotopic (exact) mass is 130 g/mol. The molecule has 0 spiro atoms. The van der Waals surface area contributed by atoms with Crippen LogP contribution in [0.5, 0.6) is 0 Å². The molecular weight excluding hydrogens is 116 g/mol. The lowest BCUT2D eigenvalue weighted by atomic mass is 10.5. The summed E-state index contributed by atoms with van der Waals surface area (Å²) >= 11 is 0. The number of hydrogen-bond acceptors (Lipinski definition) is 2. The van der Waals surface area contributed by atoms with Gasteiger partial charge in [0.25, 0.3) is 0 Å². The average molecular weight is 130 g/mol. The van der Waals surface area contributed by atoms with E-state index in [1.807, 2.05) is 13.8 Å². The van der Waals surface area contributed by atoms with Crippen LogP contribution in [0.4, 0.5) is 0 Å². The van der Waals surface area contributed by atoms with Crippen molar-refractivity contribution in [2.24, 2.45) is 0 Å². The van der Waals surface area contributed by atoms with Gasteiger partial charge in [-0.1, -0.05) is 19.9 Å². The first-order valence-electron chi connectivity index (χ1n) is 3.02. The second kappa shape index (κ2) is 10.2. The zero-order chi connectivity index (χ0) is 7.70. The molecule has 0 fully saturated rings. The lowest BCUT2D eigenvalue weighted by Gasteiger charge is -1.84. The summed E-state index contributed by atoms with van der Waals surface area (Å²) < 4.78 is 4.26. The molecule has 0 heterocycles. The highest BCUT2D eigenvalue weighted by Gasteiger charge is 1.84. The molecule has 0 saturated heterocycles. The lowest BCUT2D eigenvalue weighted by Crippen LogP contribution is -1.92. The number of methoxy groups -OCH3 is 1. The Kier molecular flexibility index (Phi) is 12.6. The van der Waals surface area contributed by atoms with E-state index in [2.05, 4.69) is 4.74 Å². The summed E-state index contributed by atoms with van der Waals surface area (Å²) in [6.45, 7) is 5.76. The summed E-state index contributed by atoms with van der Waals surface area (Å²) in [7, 11) is 1.35. The van der Waals surface area contributed by atoms with Crippen molar-refractivity contribution in [2.75, 3.05) is 7.11 Å². The van der Waals surface area contributed by atoms with E-state index in [0.29, 0.717) is 0 Å². The predicted octanol–water partition coefficient (Wildman–Crippen LogP) is 1.76. The van der Waals surface area contributed by atoms with E-state index in [-0.39, 0.29) is 5.97 Å². The Morgan fingerprint density at radius 2 is 1.89 bits per heavy atom. The molecule has 0 aromatic carbocycles. The van der Waals surface area contributed by atoms with Crippen molar-refractivity contribution in [3.63, 3.8) is 0 Å². The summed E-state index contributed by atoms with van der Waals surface area (Å²) in [6, 6.07) is 0. The summed E-state index contributed by atoms with van der Waals surface area (Å²) in [4.78, 5) is 10.1. The van der Waals surface area contributed by atoms with Gasteiger partial charge in [-0.15, -0.1) is 0 Å². The molecule has 0 rings (SSSR count). The van der Waals surface area contributed by atoms with Crippen LogP contribution in [0.3, 0.4) is 0 Å². The molecule has 0 aromatic heterocycles. The quantitative estimate of drug-likeness (QED) is 0.399. The Hall–Kier alpha value is -0.790. The minimum absolute atomic E-state index is 0.303. The van der Waals surface area contributed by atoms with Gasteiger partial charge >= 0.3 is 5.97 Å². The fourth-order valence-electron chi connectivity index (χ4n) is 0.204. The Labute approximate surface area is 56.5 Å². The van der Waals surface area contributed by atoms with Crippen LogP contribution in [-0.4, -0.2) is 13.1 Å². The molecule has 0 unspecified atom stereocenters. The first kappa shape index (κ1) is 11.1. The van der Waals surface area contributed by atoms with Gasteiger partial charge in [-0.2, -0.15) is 0 Å². The fourth-order valence-corrected chi connectivity index (χ4v) is 0.204. The molecule has 0 bridgehead atoms. The van der Waals surface area contributed by atoms with E-state index >= 15 is 0 Å². The van der Waals surface area contributed by atoms with Crippen LogP contribution >= 0.6 is 0 Å². The zero-order valence-electron chi connectivity index (χ0n) is 6.47. The second-order valence-electron chi connectivity index (χ2n) is 1.02. The van der Waals surface area contributed by atoms with E-state index in [0.717, 1.165) is 0 Å². The molecule has 9 heavy (non-hydrogen) atoms. The molecule has 0 aliphatic heterocycles. The maximum absolute atomic E-state index is 10.1. The van der Waals surface area contributed by atoms with Crippen LogP contribution in [-0.2, 0) is 9.53 Å². The lowest BCUT2D eigenvalue weighted by molar-refractivity contribution is -0.134. The van der Waals surface area contributed by atoms with Gasteiger partial charge in [0, 0.05) is 6.08 Å². The van der Waals surface area contributed by atoms with Gasteiger partial charge in [0.2, 0.25) is 0 Å². The highest BCUT2D eigenvalue weighted by Crippen LogP contribution is 1.73. The van der Waals surface area contributed by atoms with Crippen LogP contribution in [0.1, 0.15) is 20.8 Å². The number of allylic oxidation sites excluding steroid dienone is 1. The van der Waals surface area contributed by atoms with Crippen molar-refractivity contribution in [1.29, 1.82) is 0 Å². The largest absolute Gasteiger partial charge is 0.466 e. The third kappa shape index (κ3) is 11.0. The second-order valence-corrected chi connectivity index (χ2v) is 1.02. The molecule has 0 N–H and O–H groups in total. The minimum Gasteiger partial charge on any atom is -0.466 e. The van der Waals surface area contributed by atoms with Crippen LogP contribution in [0.25, 0.3) is 0 Å². The number of rotatable bonds is 1. The van der Waals surface area contributed by atoms with Gasteiger partial charge in [0.1, 0.15) is 0 Å². The predicted molar refractivity (Wildman–Crippen MR) is 38.2 cm³/mol. The SMILES string of the molecule is C/C=C/C(=O)OC.CC. The van der Waals surface area contributed by atoms with Gasteiger partial charge in [0.15, 0.2) is 0 Å². The molecule has 0 aromatic rings. The van der Waals surface area contributed by atoms with Crippen LogP contribution in [0.2, 0.25) is 0 Å². The van der Waals surface area contributed by atoms with Gasteiger partial charge in [0.05, 0.1) is 7.11 Å². The van der Waals surface area contributed by atoms with Crippen LogP contribution in [0, 0.1) is 0 Å². The Bertz CT molecular complexity index is 84.9. The van der Waals surface area contributed by atoms with Gasteiger partial charge in [-0.3, -0.25) is 0 Å². The number of hydrogen-bond donors (Lipinski definition) is 0. The fraction of sp³-hybridized carbons (Fsp3) is 0.571. The Morgan fingerprint density at radius 1 is 1.44 bits per heavy atom. The Balaban J connectivity index is 0. The summed E-state index contributed by atoms with van der Waals surface area (Å²) in [5.74, 6) is -0.303. The van der Waals surface area contributed by atoms with Gasteiger partial charge < -0.3 is 4.74 Å².